The van der Waals surface area contributed by atoms with Crippen molar-refractivity contribution in [2.75, 3.05) is 19.2 Å². The van der Waals surface area contributed by atoms with Crippen LogP contribution < -0.4 is 30.4 Å². The number of methoxy groups -OCH3 is 1. The van der Waals surface area contributed by atoms with Crippen molar-refractivity contribution in [3.63, 3.8) is 0 Å². The Morgan fingerprint density at radius 2 is 1.91 bits per heavy atom. The van der Waals surface area contributed by atoms with Gasteiger partial charge in [-0.3, -0.25) is 9.59 Å². The number of carboxylic acid groups (broad SMARTS) is 1. The van der Waals surface area contributed by atoms with E-state index in [1.807, 2.05) is 18.2 Å². The van der Waals surface area contributed by atoms with Gasteiger partial charge in [0.2, 0.25) is 6.79 Å². The third kappa shape index (κ3) is 5.12. The van der Waals surface area contributed by atoms with E-state index in [2.05, 4.69) is 10.6 Å². The smallest absolute Gasteiger partial charge is 0.319 e. The Balaban J connectivity index is 1.50. The molecule has 0 bridgehead atoms. The van der Waals surface area contributed by atoms with Crippen LogP contribution in [0.25, 0.3) is 0 Å². The number of nitrogens with zero attached hydrogens (tertiary/aromatic N) is 1. The zero-order valence-electron chi connectivity index (χ0n) is 18.3. The molecular formula is C24H23N3O7. The number of carbonyl (C=O) groups is 2. The lowest BCUT2D eigenvalue weighted by atomic mass is 10.0. The number of pyridine rings is 1. The topological polar surface area (TPSA) is 128 Å². The van der Waals surface area contributed by atoms with Gasteiger partial charge in [-0.1, -0.05) is 24.3 Å². The van der Waals surface area contributed by atoms with Crippen molar-refractivity contribution >= 4 is 17.7 Å². The number of anilines is 1. The van der Waals surface area contributed by atoms with E-state index < -0.39 is 23.6 Å². The minimum atomic E-state index is -1.10. The normalized spacial score (nSPS) is 12.6. The summed E-state index contributed by atoms with van der Waals surface area (Å²) in [5.74, 6) is 0.562. The highest BCUT2D eigenvalue weighted by atomic mass is 16.7. The van der Waals surface area contributed by atoms with E-state index >= 15 is 0 Å². The van der Waals surface area contributed by atoms with E-state index in [1.54, 1.807) is 43.6 Å². The van der Waals surface area contributed by atoms with Gasteiger partial charge in [0.1, 0.15) is 11.4 Å². The molecule has 1 aliphatic heterocycles. The molecule has 0 fully saturated rings. The lowest BCUT2D eigenvalue weighted by Gasteiger charge is -2.18. The fourth-order valence-electron chi connectivity index (χ4n) is 3.65. The molecule has 1 aliphatic rings. The van der Waals surface area contributed by atoms with Gasteiger partial charge in [-0.25, -0.2) is 4.79 Å². The van der Waals surface area contributed by atoms with Crippen molar-refractivity contribution < 1.29 is 28.9 Å². The molecule has 2 heterocycles. The number of hydrogen-bond donors (Lipinski definition) is 3. The quantitative estimate of drug-likeness (QED) is 0.467. The van der Waals surface area contributed by atoms with Gasteiger partial charge in [0.25, 0.3) is 5.56 Å². The third-order valence-electron chi connectivity index (χ3n) is 5.28. The second-order valence-corrected chi connectivity index (χ2v) is 7.53. The number of para-hydroxylation sites is 1. The number of hydrogen-bond acceptors (Lipinski definition) is 6. The van der Waals surface area contributed by atoms with Crippen molar-refractivity contribution in [2.24, 2.45) is 0 Å². The summed E-state index contributed by atoms with van der Waals surface area (Å²) in [6.07, 6.45) is 1.25. The van der Waals surface area contributed by atoms with Crippen LogP contribution in [-0.2, 0) is 11.3 Å². The number of aromatic nitrogens is 1. The first-order valence-corrected chi connectivity index (χ1v) is 10.4. The molecule has 2 aromatic carbocycles. The maximum atomic E-state index is 12.9. The summed E-state index contributed by atoms with van der Waals surface area (Å²) < 4.78 is 17.4. The standard InChI is InChI=1S/C24H23N3O7/c1-32-19-7-3-2-5-16(19)13-27-10-4-6-17(23(27)30)25-24(31)26-18(12-22(28)29)15-8-9-20-21(11-15)34-14-33-20/h2-11,18H,12-14H2,1H3,(H,28,29)(H2,25,26,31)/t18-/m0/s1. The van der Waals surface area contributed by atoms with Gasteiger partial charge in [-0.05, 0) is 35.9 Å². The number of ether oxygens (including phenoxy) is 3. The largest absolute Gasteiger partial charge is 0.496 e. The number of aliphatic carboxylic acids is 1. The number of benzene rings is 2. The number of carbonyl (C=O) groups excluding carboxylic acids is 1. The number of fused-ring (bicyclic) bond motifs is 1. The molecule has 4 rings (SSSR count). The Morgan fingerprint density at radius 1 is 1.12 bits per heavy atom. The summed E-state index contributed by atoms with van der Waals surface area (Å²) in [5, 5.41) is 14.5. The molecule has 176 valence electrons. The average molecular weight is 465 g/mol. The molecule has 0 saturated heterocycles. The summed E-state index contributed by atoms with van der Waals surface area (Å²) in [7, 11) is 1.55. The molecule has 0 spiro atoms. The predicted molar refractivity (Wildman–Crippen MR) is 123 cm³/mol. The first kappa shape index (κ1) is 22.7. The van der Waals surface area contributed by atoms with Crippen LogP contribution in [0.5, 0.6) is 17.2 Å². The van der Waals surface area contributed by atoms with Crippen LogP contribution in [0.2, 0.25) is 0 Å². The molecular weight excluding hydrogens is 442 g/mol. The summed E-state index contributed by atoms with van der Waals surface area (Å²) in [4.78, 5) is 37.0. The van der Waals surface area contributed by atoms with Crippen LogP contribution in [0, 0.1) is 0 Å². The van der Waals surface area contributed by atoms with Gasteiger partial charge in [-0.2, -0.15) is 0 Å². The minimum Gasteiger partial charge on any atom is -0.496 e. The molecule has 0 unspecified atom stereocenters. The van der Waals surface area contributed by atoms with Crippen LogP contribution in [0.15, 0.2) is 65.6 Å². The number of carboxylic acids is 1. The molecule has 34 heavy (non-hydrogen) atoms. The SMILES string of the molecule is COc1ccccc1Cn1cccc(NC(=O)N[C@@H](CC(=O)O)c2ccc3c(c2)OCO3)c1=O. The number of amides is 2. The predicted octanol–water partition coefficient (Wildman–Crippen LogP) is 2.97. The Hall–Kier alpha value is -4.47. The van der Waals surface area contributed by atoms with E-state index in [-0.39, 0.29) is 25.4 Å². The van der Waals surface area contributed by atoms with E-state index in [9.17, 15) is 19.5 Å². The lowest BCUT2D eigenvalue weighted by Crippen LogP contribution is -2.36. The maximum absolute atomic E-state index is 12.9. The van der Waals surface area contributed by atoms with Crippen molar-refractivity contribution in [3.05, 3.63) is 82.3 Å². The number of rotatable bonds is 8. The maximum Gasteiger partial charge on any atom is 0.319 e. The monoisotopic (exact) mass is 465 g/mol. The molecule has 1 aromatic heterocycles. The van der Waals surface area contributed by atoms with Crippen molar-refractivity contribution in [2.45, 2.75) is 19.0 Å². The zero-order valence-corrected chi connectivity index (χ0v) is 18.3. The molecule has 0 aliphatic carbocycles. The first-order valence-electron chi connectivity index (χ1n) is 10.4. The van der Waals surface area contributed by atoms with E-state index in [0.29, 0.717) is 22.8 Å². The van der Waals surface area contributed by atoms with Crippen molar-refractivity contribution in [1.29, 1.82) is 0 Å². The van der Waals surface area contributed by atoms with E-state index in [0.717, 1.165) is 5.56 Å². The zero-order chi connectivity index (χ0) is 24.1. The van der Waals surface area contributed by atoms with Crippen LogP contribution >= 0.6 is 0 Å². The second-order valence-electron chi connectivity index (χ2n) is 7.53. The highest BCUT2D eigenvalue weighted by Gasteiger charge is 2.22. The molecule has 10 heteroatoms. The second kappa shape index (κ2) is 9.99. The van der Waals surface area contributed by atoms with Crippen LogP contribution in [-0.4, -0.2) is 35.6 Å². The number of urea groups is 1. The van der Waals surface area contributed by atoms with Crippen molar-refractivity contribution in [1.82, 2.24) is 9.88 Å². The van der Waals surface area contributed by atoms with Crippen LogP contribution in [0.1, 0.15) is 23.6 Å². The van der Waals surface area contributed by atoms with Gasteiger partial charge in [0.05, 0.1) is 26.1 Å². The van der Waals surface area contributed by atoms with E-state index in [1.165, 1.54) is 10.6 Å². The van der Waals surface area contributed by atoms with Crippen LogP contribution in [0.3, 0.4) is 0 Å². The highest BCUT2D eigenvalue weighted by Crippen LogP contribution is 2.34. The average Bonchev–Trinajstić information content (AvgIpc) is 3.29. The Bertz CT molecular complexity index is 1270. The highest BCUT2D eigenvalue weighted by molar-refractivity contribution is 5.89. The molecule has 3 N–H and O–H groups in total. The fourth-order valence-corrected chi connectivity index (χ4v) is 3.65. The molecule has 0 radical (unpaired) electrons. The summed E-state index contributed by atoms with van der Waals surface area (Å²) >= 11 is 0. The Labute approximate surface area is 194 Å². The van der Waals surface area contributed by atoms with Gasteiger partial charge in [-0.15, -0.1) is 0 Å². The molecule has 0 saturated carbocycles. The van der Waals surface area contributed by atoms with Gasteiger partial charge in [0.15, 0.2) is 11.5 Å². The van der Waals surface area contributed by atoms with Crippen molar-refractivity contribution in [3.8, 4) is 17.2 Å². The third-order valence-corrected chi connectivity index (χ3v) is 5.28. The Kier molecular flexibility index (Phi) is 6.67. The van der Waals surface area contributed by atoms with Gasteiger partial charge in [0, 0.05) is 11.8 Å². The molecule has 10 nitrogen and oxygen atoms in total. The molecule has 1 atom stereocenters. The van der Waals surface area contributed by atoms with Gasteiger partial charge < -0.3 is 34.5 Å². The molecule has 3 aromatic rings. The fraction of sp³-hybridized carbons (Fsp3) is 0.208. The van der Waals surface area contributed by atoms with Crippen LogP contribution in [0.4, 0.5) is 10.5 Å². The van der Waals surface area contributed by atoms with Gasteiger partial charge >= 0.3 is 12.0 Å². The number of nitrogens with one attached hydrogen (secondary N) is 2. The molecule has 2 amide bonds. The summed E-state index contributed by atoms with van der Waals surface area (Å²) in [5.41, 5.74) is 0.970. The Morgan fingerprint density at radius 3 is 2.71 bits per heavy atom. The summed E-state index contributed by atoms with van der Waals surface area (Å²) in [6.45, 7) is 0.324. The lowest BCUT2D eigenvalue weighted by molar-refractivity contribution is -0.137. The summed E-state index contributed by atoms with van der Waals surface area (Å²) in [6, 6.07) is 13.8. The van der Waals surface area contributed by atoms with E-state index in [4.69, 9.17) is 14.2 Å². The first-order chi connectivity index (χ1) is 16.4. The minimum absolute atomic E-state index is 0.0506.